The third-order valence-corrected chi connectivity index (χ3v) is 5.23. The SMILES string of the molecule is CC(C)Oc1ccc(NCc2cc(Br)c(Cl)s2)cc1Cl. The number of anilines is 1. The number of benzene rings is 1. The van der Waals surface area contributed by atoms with E-state index < -0.39 is 0 Å². The van der Waals surface area contributed by atoms with E-state index in [-0.39, 0.29) is 6.10 Å². The maximum atomic E-state index is 6.19. The molecule has 1 heterocycles. The van der Waals surface area contributed by atoms with E-state index in [1.165, 1.54) is 0 Å². The zero-order valence-electron chi connectivity index (χ0n) is 11.0. The first-order chi connectivity index (χ1) is 9.45. The molecular weight excluding hydrogens is 381 g/mol. The van der Waals surface area contributed by atoms with E-state index in [1.807, 2.05) is 38.1 Å². The lowest BCUT2D eigenvalue weighted by molar-refractivity contribution is 0.242. The van der Waals surface area contributed by atoms with Crippen LogP contribution in [0.25, 0.3) is 0 Å². The Morgan fingerprint density at radius 3 is 2.60 bits per heavy atom. The molecule has 0 saturated carbocycles. The Bertz CT molecular complexity index is 581. The van der Waals surface area contributed by atoms with Gasteiger partial charge < -0.3 is 10.1 Å². The van der Waals surface area contributed by atoms with Crippen molar-refractivity contribution in [1.29, 1.82) is 0 Å². The predicted octanol–water partition coefficient (Wildman–Crippen LogP) is 6.22. The van der Waals surface area contributed by atoms with Crippen LogP contribution in [0.4, 0.5) is 5.69 Å². The standard InChI is InChI=1S/C14H14BrCl2NOS/c1-8(2)19-13-4-3-9(5-12(13)16)18-7-10-6-11(15)14(17)20-10/h3-6,8,18H,7H2,1-2H3. The summed E-state index contributed by atoms with van der Waals surface area (Å²) in [4.78, 5) is 1.15. The van der Waals surface area contributed by atoms with Crippen molar-refractivity contribution in [1.82, 2.24) is 0 Å². The summed E-state index contributed by atoms with van der Waals surface area (Å²) in [5.74, 6) is 0.703. The Morgan fingerprint density at radius 2 is 2.05 bits per heavy atom. The molecule has 108 valence electrons. The molecule has 20 heavy (non-hydrogen) atoms. The summed E-state index contributed by atoms with van der Waals surface area (Å²) < 4.78 is 7.30. The summed E-state index contributed by atoms with van der Waals surface area (Å²) in [5, 5.41) is 3.92. The molecule has 2 aromatic rings. The molecule has 6 heteroatoms. The highest BCUT2D eigenvalue weighted by atomic mass is 79.9. The quantitative estimate of drug-likeness (QED) is 0.650. The molecule has 0 aliphatic rings. The van der Waals surface area contributed by atoms with Crippen molar-refractivity contribution in [2.45, 2.75) is 26.5 Å². The highest BCUT2D eigenvalue weighted by molar-refractivity contribution is 9.10. The molecule has 0 spiro atoms. The molecule has 0 fully saturated rings. The Labute approximate surface area is 141 Å². The largest absolute Gasteiger partial charge is 0.489 e. The summed E-state index contributed by atoms with van der Waals surface area (Å²) in [7, 11) is 0. The van der Waals surface area contributed by atoms with Crippen molar-refractivity contribution >= 4 is 56.2 Å². The van der Waals surface area contributed by atoms with Gasteiger partial charge in [0.05, 0.1) is 11.1 Å². The third-order valence-electron chi connectivity index (χ3n) is 2.46. The Balaban J connectivity index is 2.01. The molecule has 0 unspecified atom stereocenters. The second kappa shape index (κ2) is 7.03. The monoisotopic (exact) mass is 393 g/mol. The fraction of sp³-hybridized carbons (Fsp3) is 0.286. The lowest BCUT2D eigenvalue weighted by Crippen LogP contribution is -2.06. The van der Waals surface area contributed by atoms with Crippen LogP contribution in [0, 0.1) is 0 Å². The molecule has 0 saturated heterocycles. The van der Waals surface area contributed by atoms with Gasteiger partial charge in [0.1, 0.15) is 10.1 Å². The molecule has 1 N–H and O–H groups in total. The smallest absolute Gasteiger partial charge is 0.138 e. The molecular formula is C14H14BrCl2NOS. The summed E-state index contributed by atoms with van der Waals surface area (Å²) >= 11 is 17.2. The van der Waals surface area contributed by atoms with Crippen molar-refractivity contribution in [3.63, 3.8) is 0 Å². The van der Waals surface area contributed by atoms with E-state index in [4.69, 9.17) is 27.9 Å². The van der Waals surface area contributed by atoms with Gasteiger partial charge in [0.25, 0.3) is 0 Å². The van der Waals surface area contributed by atoms with Gasteiger partial charge in [-0.05, 0) is 54.0 Å². The van der Waals surface area contributed by atoms with Gasteiger partial charge in [0.15, 0.2) is 0 Å². The zero-order valence-corrected chi connectivity index (χ0v) is 15.0. The highest BCUT2D eigenvalue weighted by Crippen LogP contribution is 2.33. The summed E-state index contributed by atoms with van der Waals surface area (Å²) in [6.45, 7) is 4.65. The Kier molecular flexibility index (Phi) is 5.61. The van der Waals surface area contributed by atoms with E-state index >= 15 is 0 Å². The van der Waals surface area contributed by atoms with Crippen molar-refractivity contribution < 1.29 is 4.74 Å². The van der Waals surface area contributed by atoms with Crippen LogP contribution in [0.2, 0.25) is 9.36 Å². The van der Waals surface area contributed by atoms with Gasteiger partial charge in [-0.2, -0.15) is 0 Å². The molecule has 0 aliphatic heterocycles. The van der Waals surface area contributed by atoms with Crippen molar-refractivity contribution in [2.75, 3.05) is 5.32 Å². The van der Waals surface area contributed by atoms with Crippen molar-refractivity contribution in [3.05, 3.63) is 43.0 Å². The lowest BCUT2D eigenvalue weighted by Gasteiger charge is -2.12. The minimum absolute atomic E-state index is 0.108. The molecule has 0 radical (unpaired) electrons. The Hall–Kier alpha value is -0.420. The summed E-state index contributed by atoms with van der Waals surface area (Å²) in [6, 6.07) is 7.71. The molecule has 0 atom stereocenters. The molecule has 2 rings (SSSR count). The van der Waals surface area contributed by atoms with E-state index in [0.29, 0.717) is 17.3 Å². The van der Waals surface area contributed by atoms with Gasteiger partial charge in [-0.1, -0.05) is 23.2 Å². The van der Waals surface area contributed by atoms with Crippen LogP contribution >= 0.6 is 50.5 Å². The second-order valence-corrected chi connectivity index (χ2v) is 7.50. The van der Waals surface area contributed by atoms with Crippen LogP contribution in [-0.2, 0) is 6.54 Å². The molecule has 2 nitrogen and oxygen atoms in total. The summed E-state index contributed by atoms with van der Waals surface area (Å²) in [6.07, 6.45) is 0.108. The van der Waals surface area contributed by atoms with Crippen LogP contribution in [-0.4, -0.2) is 6.10 Å². The van der Waals surface area contributed by atoms with Crippen molar-refractivity contribution in [2.24, 2.45) is 0 Å². The topological polar surface area (TPSA) is 21.3 Å². The molecule has 0 bridgehead atoms. The van der Waals surface area contributed by atoms with Crippen molar-refractivity contribution in [3.8, 4) is 5.75 Å². The second-order valence-electron chi connectivity index (χ2n) is 4.50. The third kappa shape index (κ3) is 4.29. The fourth-order valence-corrected chi connectivity index (χ4v) is 3.58. The van der Waals surface area contributed by atoms with Gasteiger partial charge in [0.2, 0.25) is 0 Å². The average molecular weight is 395 g/mol. The summed E-state index contributed by atoms with van der Waals surface area (Å²) in [5.41, 5.74) is 0.951. The number of thiophene rings is 1. The minimum atomic E-state index is 0.108. The fourth-order valence-electron chi connectivity index (χ4n) is 1.63. The van der Waals surface area contributed by atoms with Crippen LogP contribution in [0.5, 0.6) is 5.75 Å². The number of ether oxygens (including phenoxy) is 1. The number of hydrogen-bond donors (Lipinski definition) is 1. The van der Waals surface area contributed by atoms with Crippen LogP contribution < -0.4 is 10.1 Å². The number of rotatable bonds is 5. The number of hydrogen-bond acceptors (Lipinski definition) is 3. The maximum Gasteiger partial charge on any atom is 0.138 e. The normalized spacial score (nSPS) is 10.9. The van der Waals surface area contributed by atoms with E-state index in [0.717, 1.165) is 19.4 Å². The van der Waals surface area contributed by atoms with E-state index in [1.54, 1.807) is 11.3 Å². The molecule has 1 aromatic heterocycles. The minimum Gasteiger partial charge on any atom is -0.489 e. The number of halogens is 3. The first kappa shape index (κ1) is 16.0. The molecule has 1 aromatic carbocycles. The van der Waals surface area contributed by atoms with Gasteiger partial charge in [-0.15, -0.1) is 11.3 Å². The van der Waals surface area contributed by atoms with Gasteiger partial charge in [-0.3, -0.25) is 0 Å². The number of nitrogens with one attached hydrogen (secondary N) is 1. The highest BCUT2D eigenvalue weighted by Gasteiger charge is 2.07. The average Bonchev–Trinajstić information content (AvgIpc) is 2.69. The van der Waals surface area contributed by atoms with Gasteiger partial charge in [0, 0.05) is 21.6 Å². The first-order valence-corrected chi connectivity index (χ1v) is 8.46. The van der Waals surface area contributed by atoms with E-state index in [9.17, 15) is 0 Å². The van der Waals surface area contributed by atoms with Gasteiger partial charge >= 0.3 is 0 Å². The Morgan fingerprint density at radius 1 is 1.30 bits per heavy atom. The first-order valence-electron chi connectivity index (χ1n) is 6.09. The van der Waals surface area contributed by atoms with Crippen LogP contribution in [0.1, 0.15) is 18.7 Å². The zero-order chi connectivity index (χ0) is 14.7. The van der Waals surface area contributed by atoms with Crippen LogP contribution in [0.15, 0.2) is 28.7 Å². The molecule has 0 amide bonds. The van der Waals surface area contributed by atoms with Crippen LogP contribution in [0.3, 0.4) is 0 Å². The maximum absolute atomic E-state index is 6.19. The predicted molar refractivity (Wildman–Crippen MR) is 91.6 cm³/mol. The molecule has 0 aliphatic carbocycles. The van der Waals surface area contributed by atoms with E-state index in [2.05, 4.69) is 21.2 Å². The lowest BCUT2D eigenvalue weighted by atomic mass is 10.3. The van der Waals surface area contributed by atoms with Gasteiger partial charge in [-0.25, -0.2) is 0 Å².